The maximum Gasteiger partial charge on any atom is 0.346 e. The second-order valence-corrected chi connectivity index (χ2v) is 5.26. The van der Waals surface area contributed by atoms with Crippen molar-refractivity contribution in [3.05, 3.63) is 32.4 Å². The number of aromatic nitrogens is 1. The van der Waals surface area contributed by atoms with E-state index >= 15 is 0 Å². The molecule has 0 saturated heterocycles. The zero-order valence-corrected chi connectivity index (χ0v) is 10.8. The van der Waals surface area contributed by atoms with Crippen LogP contribution in [0.2, 0.25) is 0 Å². The summed E-state index contributed by atoms with van der Waals surface area (Å²) in [5.41, 5.74) is 2.85. The van der Waals surface area contributed by atoms with Crippen LogP contribution in [-0.2, 0) is 6.42 Å². The topological polar surface area (TPSA) is 59.4 Å². The summed E-state index contributed by atoms with van der Waals surface area (Å²) in [6.07, 6.45) is 0.800. The maximum atomic E-state index is 10.7. The van der Waals surface area contributed by atoms with E-state index < -0.39 is 5.97 Å². The number of hydrogen-bond acceptors (Lipinski definition) is 5. The van der Waals surface area contributed by atoms with Gasteiger partial charge in [0.15, 0.2) is 0 Å². The predicted octanol–water partition coefficient (Wildman–Crippen LogP) is 2.83. The Kier molecular flexibility index (Phi) is 3.75. The molecule has 4 nitrogen and oxygen atoms in total. The highest BCUT2D eigenvalue weighted by atomic mass is 32.1. The van der Waals surface area contributed by atoms with Crippen LogP contribution in [-0.4, -0.2) is 22.7 Å². The number of carboxylic acids is 1. The van der Waals surface area contributed by atoms with Gasteiger partial charge >= 0.3 is 5.97 Å². The van der Waals surface area contributed by atoms with E-state index in [1.54, 1.807) is 22.8 Å². The molecule has 2 aromatic heterocycles. The Labute approximate surface area is 107 Å². The van der Waals surface area contributed by atoms with Crippen LogP contribution in [0, 0.1) is 6.92 Å². The van der Waals surface area contributed by atoms with Crippen LogP contribution in [0.1, 0.15) is 20.2 Å². The minimum Gasteiger partial charge on any atom is -0.492 e. The predicted molar refractivity (Wildman–Crippen MR) is 67.3 cm³/mol. The zero-order valence-electron chi connectivity index (χ0n) is 9.17. The van der Waals surface area contributed by atoms with Gasteiger partial charge in [-0.1, -0.05) is 0 Å². The molecule has 0 radical (unpaired) electrons. The fraction of sp³-hybridized carbons (Fsp3) is 0.273. The number of thiazole rings is 1. The van der Waals surface area contributed by atoms with Gasteiger partial charge in [0, 0.05) is 22.7 Å². The number of aromatic carboxylic acids is 1. The summed E-state index contributed by atoms with van der Waals surface area (Å²) in [6, 6.07) is 1.55. The molecule has 0 fully saturated rings. The molecular weight excluding hydrogens is 258 g/mol. The molecule has 2 aromatic rings. The van der Waals surface area contributed by atoms with E-state index in [9.17, 15) is 4.79 Å². The highest BCUT2D eigenvalue weighted by molar-refractivity contribution is 7.12. The van der Waals surface area contributed by atoms with Crippen molar-refractivity contribution in [1.29, 1.82) is 0 Å². The number of carboxylic acid groups (broad SMARTS) is 1. The highest BCUT2D eigenvalue weighted by Crippen LogP contribution is 2.22. The Balaban J connectivity index is 1.86. The molecule has 0 atom stereocenters. The van der Waals surface area contributed by atoms with E-state index in [4.69, 9.17) is 9.84 Å². The molecule has 0 spiro atoms. The van der Waals surface area contributed by atoms with Crippen LogP contribution in [0.15, 0.2) is 17.0 Å². The molecule has 0 unspecified atom stereocenters. The number of rotatable bonds is 5. The second-order valence-electron chi connectivity index (χ2n) is 3.41. The summed E-state index contributed by atoms with van der Waals surface area (Å²) in [7, 11) is 0. The quantitative estimate of drug-likeness (QED) is 0.906. The fourth-order valence-corrected chi connectivity index (χ4v) is 2.76. The van der Waals surface area contributed by atoms with Gasteiger partial charge in [-0.3, -0.25) is 0 Å². The molecular formula is C11H11NO3S2. The number of thiophene rings is 1. The Morgan fingerprint density at radius 3 is 2.94 bits per heavy atom. The van der Waals surface area contributed by atoms with Crippen LogP contribution >= 0.6 is 22.7 Å². The number of hydrogen-bond donors (Lipinski definition) is 1. The lowest BCUT2D eigenvalue weighted by Gasteiger charge is -2.02. The monoisotopic (exact) mass is 269 g/mol. The third kappa shape index (κ3) is 3.04. The van der Waals surface area contributed by atoms with Crippen LogP contribution in [0.3, 0.4) is 0 Å². The molecule has 2 heterocycles. The van der Waals surface area contributed by atoms with E-state index in [-0.39, 0.29) is 0 Å². The SMILES string of the molecule is Cc1ncsc1CCOc1csc(C(=O)O)c1. The molecule has 0 bridgehead atoms. The molecule has 6 heteroatoms. The van der Waals surface area contributed by atoms with Gasteiger partial charge in [-0.15, -0.1) is 22.7 Å². The summed E-state index contributed by atoms with van der Waals surface area (Å²) in [5, 5.41) is 10.5. The van der Waals surface area contributed by atoms with Gasteiger partial charge in [0.2, 0.25) is 0 Å². The average Bonchev–Trinajstić information content (AvgIpc) is 2.89. The first-order valence-corrected chi connectivity index (χ1v) is 6.76. The molecule has 90 valence electrons. The van der Waals surface area contributed by atoms with Gasteiger partial charge in [-0.05, 0) is 6.92 Å². The maximum absolute atomic E-state index is 10.7. The summed E-state index contributed by atoms with van der Waals surface area (Å²) in [5.74, 6) is -0.294. The number of aryl methyl sites for hydroxylation is 1. The van der Waals surface area contributed by atoms with Crippen LogP contribution in [0.4, 0.5) is 0 Å². The van der Waals surface area contributed by atoms with E-state index in [1.807, 2.05) is 12.4 Å². The Hall–Kier alpha value is -1.40. The van der Waals surface area contributed by atoms with Gasteiger partial charge < -0.3 is 9.84 Å². The van der Waals surface area contributed by atoms with Crippen molar-refractivity contribution in [2.45, 2.75) is 13.3 Å². The molecule has 0 aliphatic heterocycles. The lowest BCUT2D eigenvalue weighted by Crippen LogP contribution is -2.00. The molecule has 17 heavy (non-hydrogen) atoms. The summed E-state index contributed by atoms with van der Waals surface area (Å²) in [6.45, 7) is 2.51. The van der Waals surface area contributed by atoms with Crippen molar-refractivity contribution in [2.75, 3.05) is 6.61 Å². The molecule has 1 N–H and O–H groups in total. The Bertz CT molecular complexity index is 518. The van der Waals surface area contributed by atoms with E-state index in [0.29, 0.717) is 17.2 Å². The normalized spacial score (nSPS) is 10.4. The first kappa shape index (κ1) is 12.1. The van der Waals surface area contributed by atoms with Crippen molar-refractivity contribution >= 4 is 28.6 Å². The largest absolute Gasteiger partial charge is 0.492 e. The number of carbonyl (C=O) groups is 1. The van der Waals surface area contributed by atoms with Gasteiger partial charge in [0.1, 0.15) is 10.6 Å². The first-order chi connectivity index (χ1) is 8.16. The standard InChI is InChI=1S/C11H11NO3S2/c1-7-9(17-6-12-7)2-3-15-8-4-10(11(13)14)16-5-8/h4-6H,2-3H2,1H3,(H,13,14). The van der Waals surface area contributed by atoms with E-state index in [0.717, 1.165) is 12.1 Å². The minimum atomic E-state index is -0.914. The smallest absolute Gasteiger partial charge is 0.346 e. The lowest BCUT2D eigenvalue weighted by atomic mass is 10.3. The average molecular weight is 269 g/mol. The molecule has 0 saturated carbocycles. The van der Waals surface area contributed by atoms with Gasteiger partial charge in [0.25, 0.3) is 0 Å². The van der Waals surface area contributed by atoms with Crippen LogP contribution < -0.4 is 4.74 Å². The van der Waals surface area contributed by atoms with E-state index in [1.165, 1.54) is 16.2 Å². The first-order valence-electron chi connectivity index (χ1n) is 5.00. The molecule has 0 aromatic carbocycles. The summed E-state index contributed by atoms with van der Waals surface area (Å²) < 4.78 is 5.49. The van der Waals surface area contributed by atoms with Gasteiger partial charge in [-0.2, -0.15) is 0 Å². The summed E-state index contributed by atoms with van der Waals surface area (Å²) in [4.78, 5) is 16.3. The van der Waals surface area contributed by atoms with Crippen molar-refractivity contribution < 1.29 is 14.6 Å². The van der Waals surface area contributed by atoms with Gasteiger partial charge in [-0.25, -0.2) is 9.78 Å². The van der Waals surface area contributed by atoms with Crippen molar-refractivity contribution in [3.63, 3.8) is 0 Å². The number of nitrogens with zero attached hydrogens (tertiary/aromatic N) is 1. The highest BCUT2D eigenvalue weighted by Gasteiger charge is 2.08. The third-order valence-electron chi connectivity index (χ3n) is 2.23. The molecule has 0 aliphatic rings. The van der Waals surface area contributed by atoms with Crippen LogP contribution in [0.25, 0.3) is 0 Å². The number of ether oxygens (including phenoxy) is 1. The van der Waals surface area contributed by atoms with E-state index in [2.05, 4.69) is 4.98 Å². The zero-order chi connectivity index (χ0) is 12.3. The summed E-state index contributed by atoms with van der Waals surface area (Å²) >= 11 is 2.79. The van der Waals surface area contributed by atoms with Crippen molar-refractivity contribution in [1.82, 2.24) is 4.98 Å². The third-order valence-corrected chi connectivity index (χ3v) is 4.12. The van der Waals surface area contributed by atoms with Crippen molar-refractivity contribution in [2.24, 2.45) is 0 Å². The second kappa shape index (κ2) is 5.29. The lowest BCUT2D eigenvalue weighted by molar-refractivity contribution is 0.0702. The Morgan fingerprint density at radius 1 is 1.53 bits per heavy atom. The van der Waals surface area contributed by atoms with Crippen molar-refractivity contribution in [3.8, 4) is 5.75 Å². The fourth-order valence-electron chi connectivity index (χ4n) is 1.33. The minimum absolute atomic E-state index is 0.300. The van der Waals surface area contributed by atoms with Crippen LogP contribution in [0.5, 0.6) is 5.75 Å². The van der Waals surface area contributed by atoms with Gasteiger partial charge in [0.05, 0.1) is 17.8 Å². The molecule has 2 rings (SSSR count). The molecule has 0 amide bonds. The molecule has 0 aliphatic carbocycles. The Morgan fingerprint density at radius 2 is 2.35 bits per heavy atom.